The Labute approximate surface area is 164 Å². The monoisotopic (exact) mass is 476 g/mol. The summed E-state index contributed by atoms with van der Waals surface area (Å²) in [5.74, 6) is 1.03. The summed E-state index contributed by atoms with van der Waals surface area (Å²) in [6.07, 6.45) is 0. The molecule has 2 aromatic carbocycles. The normalized spacial score (nSPS) is 11.5. The number of hydrogen-bond donors (Lipinski definition) is 3. The topological polar surface area (TPSA) is 106 Å². The quantitative estimate of drug-likeness (QED) is 0.337. The van der Waals surface area contributed by atoms with Gasteiger partial charge in [-0.05, 0) is 49.0 Å². The number of nitrogens with two attached hydrogens (primary N) is 1. The third-order valence-corrected chi connectivity index (χ3v) is 4.73. The lowest BCUT2D eigenvalue weighted by atomic mass is 10.2. The maximum atomic E-state index is 11.6. The first-order valence-corrected chi connectivity index (χ1v) is 8.66. The molecule has 0 heterocycles. The molecule has 7 nitrogen and oxygen atoms in total. The molecule has 0 saturated carbocycles. The molecule has 0 aromatic heterocycles. The fraction of sp³-hybridized carbons (Fsp3) is 0.188. The van der Waals surface area contributed by atoms with Crippen LogP contribution in [0.5, 0.6) is 5.75 Å². The Bertz CT molecular complexity index is 806. The van der Waals surface area contributed by atoms with E-state index in [1.807, 2.05) is 24.3 Å². The van der Waals surface area contributed by atoms with Crippen LogP contribution in [0.1, 0.15) is 5.56 Å². The van der Waals surface area contributed by atoms with Crippen molar-refractivity contribution in [3.8, 4) is 5.75 Å². The highest BCUT2D eigenvalue weighted by Crippen LogP contribution is 2.15. The fourth-order valence-corrected chi connectivity index (χ4v) is 2.66. The number of methoxy groups -OCH3 is 1. The van der Waals surface area contributed by atoms with E-state index in [0.29, 0.717) is 6.54 Å². The van der Waals surface area contributed by atoms with Crippen LogP contribution in [-0.4, -0.2) is 28.5 Å². The molecule has 25 heavy (non-hydrogen) atoms. The van der Waals surface area contributed by atoms with Crippen molar-refractivity contribution < 1.29 is 13.2 Å². The first-order chi connectivity index (χ1) is 11.4. The SMILES string of the molecule is CNS(=O)(=O)c1ccc(CN=C(N)Nc2ccc(OC)cc2)cc1.I. The maximum absolute atomic E-state index is 11.6. The lowest BCUT2D eigenvalue weighted by Gasteiger charge is -2.07. The summed E-state index contributed by atoms with van der Waals surface area (Å²) < 4.78 is 30.7. The molecule has 2 rings (SSSR count). The van der Waals surface area contributed by atoms with Crippen molar-refractivity contribution in [2.24, 2.45) is 10.7 Å². The highest BCUT2D eigenvalue weighted by molar-refractivity contribution is 14.0. The number of benzene rings is 2. The van der Waals surface area contributed by atoms with Crippen LogP contribution in [0.25, 0.3) is 0 Å². The zero-order chi connectivity index (χ0) is 17.6. The molecule has 0 fully saturated rings. The molecule has 0 atom stereocenters. The van der Waals surface area contributed by atoms with Gasteiger partial charge >= 0.3 is 0 Å². The van der Waals surface area contributed by atoms with E-state index in [-0.39, 0.29) is 34.8 Å². The summed E-state index contributed by atoms with van der Waals surface area (Å²) in [4.78, 5) is 4.44. The fourth-order valence-electron chi connectivity index (χ4n) is 1.93. The number of halogens is 1. The Morgan fingerprint density at radius 3 is 2.24 bits per heavy atom. The maximum Gasteiger partial charge on any atom is 0.240 e. The predicted octanol–water partition coefficient (Wildman–Crippen LogP) is 2.15. The van der Waals surface area contributed by atoms with Gasteiger partial charge in [-0.25, -0.2) is 18.1 Å². The molecule has 0 spiro atoms. The second kappa shape index (κ2) is 9.59. The Balaban J connectivity index is 0.00000312. The van der Waals surface area contributed by atoms with Gasteiger partial charge in [0.2, 0.25) is 10.0 Å². The zero-order valence-electron chi connectivity index (χ0n) is 13.9. The smallest absolute Gasteiger partial charge is 0.240 e. The Kier molecular flexibility index (Phi) is 8.13. The molecule has 0 bridgehead atoms. The van der Waals surface area contributed by atoms with Gasteiger partial charge in [-0.2, -0.15) is 0 Å². The van der Waals surface area contributed by atoms with Crippen LogP contribution in [0.15, 0.2) is 58.4 Å². The second-order valence-corrected chi connectivity index (χ2v) is 6.79. The van der Waals surface area contributed by atoms with Gasteiger partial charge < -0.3 is 15.8 Å². The molecule has 0 aliphatic heterocycles. The van der Waals surface area contributed by atoms with Crippen LogP contribution in [0.3, 0.4) is 0 Å². The summed E-state index contributed by atoms with van der Waals surface area (Å²) in [6, 6.07) is 13.8. The molecule has 0 aliphatic rings. The van der Waals surface area contributed by atoms with Gasteiger partial charge in [0.25, 0.3) is 0 Å². The number of guanidine groups is 1. The Hall–Kier alpha value is -1.85. The van der Waals surface area contributed by atoms with Crippen LogP contribution in [0, 0.1) is 0 Å². The molecule has 0 aliphatic carbocycles. The highest BCUT2D eigenvalue weighted by Gasteiger charge is 2.10. The first kappa shape index (κ1) is 21.2. The third-order valence-electron chi connectivity index (χ3n) is 3.30. The van der Waals surface area contributed by atoms with E-state index in [0.717, 1.165) is 17.0 Å². The van der Waals surface area contributed by atoms with E-state index in [9.17, 15) is 8.42 Å². The second-order valence-electron chi connectivity index (χ2n) is 4.91. The third kappa shape index (κ3) is 6.18. The van der Waals surface area contributed by atoms with Gasteiger partial charge in [0, 0.05) is 5.69 Å². The number of ether oxygens (including phenoxy) is 1. The van der Waals surface area contributed by atoms with Gasteiger partial charge in [0.1, 0.15) is 5.75 Å². The van der Waals surface area contributed by atoms with Gasteiger partial charge in [0.15, 0.2) is 5.96 Å². The number of rotatable bonds is 6. The van der Waals surface area contributed by atoms with E-state index in [2.05, 4.69) is 15.0 Å². The number of nitrogens with one attached hydrogen (secondary N) is 2. The van der Waals surface area contributed by atoms with Crippen molar-refractivity contribution in [3.05, 3.63) is 54.1 Å². The number of anilines is 1. The number of aliphatic imine (C=N–C) groups is 1. The van der Waals surface area contributed by atoms with Crippen molar-refractivity contribution in [2.45, 2.75) is 11.4 Å². The minimum atomic E-state index is -3.43. The van der Waals surface area contributed by atoms with Crippen LogP contribution in [-0.2, 0) is 16.6 Å². The van der Waals surface area contributed by atoms with Crippen LogP contribution < -0.4 is 20.5 Å². The van der Waals surface area contributed by atoms with Gasteiger partial charge in [-0.3, -0.25) is 0 Å². The average Bonchev–Trinajstić information content (AvgIpc) is 2.61. The lowest BCUT2D eigenvalue weighted by Crippen LogP contribution is -2.22. The van der Waals surface area contributed by atoms with Gasteiger partial charge in [-0.1, -0.05) is 12.1 Å². The number of nitrogens with zero attached hydrogens (tertiary/aromatic N) is 1. The molecule has 0 amide bonds. The highest BCUT2D eigenvalue weighted by atomic mass is 127. The van der Waals surface area contributed by atoms with E-state index < -0.39 is 10.0 Å². The molecule has 136 valence electrons. The van der Waals surface area contributed by atoms with Crippen molar-refractivity contribution in [1.29, 1.82) is 0 Å². The van der Waals surface area contributed by atoms with Crippen molar-refractivity contribution >= 4 is 45.6 Å². The lowest BCUT2D eigenvalue weighted by molar-refractivity contribution is 0.415. The summed E-state index contributed by atoms with van der Waals surface area (Å²) in [6.45, 7) is 0.342. The van der Waals surface area contributed by atoms with Gasteiger partial charge in [-0.15, -0.1) is 24.0 Å². The largest absolute Gasteiger partial charge is 0.497 e. The Morgan fingerprint density at radius 2 is 1.72 bits per heavy atom. The number of hydrogen-bond acceptors (Lipinski definition) is 4. The molecular weight excluding hydrogens is 455 g/mol. The van der Waals surface area contributed by atoms with Crippen molar-refractivity contribution in [2.75, 3.05) is 19.5 Å². The first-order valence-electron chi connectivity index (χ1n) is 7.18. The minimum Gasteiger partial charge on any atom is -0.497 e. The summed E-state index contributed by atoms with van der Waals surface area (Å²) >= 11 is 0. The molecule has 0 saturated heterocycles. The Morgan fingerprint density at radius 1 is 1.12 bits per heavy atom. The standard InChI is InChI=1S/C16H20N4O3S.HI/c1-18-24(21,22)15-9-3-12(4-10-15)11-19-16(17)20-13-5-7-14(23-2)8-6-13;/h3-10,18H,11H2,1-2H3,(H3,17,19,20);1H. The van der Waals surface area contributed by atoms with Gasteiger partial charge in [0.05, 0.1) is 18.6 Å². The van der Waals surface area contributed by atoms with E-state index >= 15 is 0 Å². The van der Waals surface area contributed by atoms with E-state index in [4.69, 9.17) is 10.5 Å². The minimum absolute atomic E-state index is 0. The molecular formula is C16H21IN4O3S. The number of sulfonamides is 1. The molecule has 9 heteroatoms. The average molecular weight is 476 g/mol. The van der Waals surface area contributed by atoms with Crippen LogP contribution in [0.4, 0.5) is 5.69 Å². The summed E-state index contributed by atoms with van der Waals surface area (Å²) in [7, 11) is -0.449. The molecule has 0 radical (unpaired) electrons. The van der Waals surface area contributed by atoms with Crippen LogP contribution in [0.2, 0.25) is 0 Å². The van der Waals surface area contributed by atoms with E-state index in [1.165, 1.54) is 19.2 Å². The predicted molar refractivity (Wildman–Crippen MR) is 110 cm³/mol. The summed E-state index contributed by atoms with van der Waals surface area (Å²) in [5, 5.41) is 2.97. The molecule has 2 aromatic rings. The molecule has 0 unspecified atom stereocenters. The van der Waals surface area contributed by atoms with Crippen molar-refractivity contribution in [3.63, 3.8) is 0 Å². The summed E-state index contributed by atoms with van der Waals surface area (Å²) in [5.41, 5.74) is 7.50. The van der Waals surface area contributed by atoms with Crippen LogP contribution >= 0.6 is 24.0 Å². The van der Waals surface area contributed by atoms with E-state index in [1.54, 1.807) is 19.2 Å². The zero-order valence-corrected chi connectivity index (χ0v) is 17.0. The molecule has 4 N–H and O–H groups in total. The van der Waals surface area contributed by atoms with Crippen molar-refractivity contribution in [1.82, 2.24) is 4.72 Å².